The Morgan fingerprint density at radius 3 is 2.49 bits per heavy atom. The Labute approximate surface area is 203 Å². The molecule has 7 nitrogen and oxygen atoms in total. The van der Waals surface area contributed by atoms with Gasteiger partial charge in [-0.1, -0.05) is 54.6 Å². The van der Waals surface area contributed by atoms with Crippen LogP contribution in [0.25, 0.3) is 33.4 Å². The summed E-state index contributed by atoms with van der Waals surface area (Å²) in [6.07, 6.45) is 6.23. The highest BCUT2D eigenvalue weighted by Gasteiger charge is 2.16. The fourth-order valence-electron chi connectivity index (χ4n) is 4.56. The average molecular weight is 463 g/mol. The van der Waals surface area contributed by atoms with Crippen LogP contribution in [-0.2, 0) is 17.7 Å². The first-order valence-corrected chi connectivity index (χ1v) is 11.9. The third-order valence-electron chi connectivity index (χ3n) is 6.43. The molecule has 3 aromatic heterocycles. The van der Waals surface area contributed by atoms with Crippen molar-refractivity contribution in [3.05, 3.63) is 96.2 Å². The molecule has 5 aromatic rings. The smallest absolute Gasteiger partial charge is 0.156 e. The number of benzene rings is 2. The molecule has 35 heavy (non-hydrogen) atoms. The summed E-state index contributed by atoms with van der Waals surface area (Å²) in [7, 11) is 0. The van der Waals surface area contributed by atoms with Gasteiger partial charge in [0.05, 0.1) is 24.9 Å². The number of hydrogen-bond donors (Lipinski definition) is 1. The van der Waals surface area contributed by atoms with Crippen LogP contribution in [0.2, 0.25) is 0 Å². The number of pyridine rings is 1. The second-order valence-corrected chi connectivity index (χ2v) is 8.79. The van der Waals surface area contributed by atoms with Gasteiger partial charge in [-0.05, 0) is 17.2 Å². The van der Waals surface area contributed by atoms with Gasteiger partial charge in [-0.15, -0.1) is 10.2 Å². The number of ether oxygens (including phenoxy) is 1. The van der Waals surface area contributed by atoms with Crippen LogP contribution in [0.15, 0.2) is 79.3 Å². The average Bonchev–Trinajstić information content (AvgIpc) is 3.33. The number of nitrogens with zero attached hydrogens (tertiary/aromatic N) is 5. The largest absolute Gasteiger partial charge is 0.379 e. The molecule has 2 aromatic carbocycles. The van der Waals surface area contributed by atoms with Crippen molar-refractivity contribution in [3.63, 3.8) is 0 Å². The molecule has 174 valence electrons. The third-order valence-corrected chi connectivity index (χ3v) is 6.43. The molecule has 1 aliphatic rings. The molecule has 0 amide bonds. The molecule has 1 aliphatic heterocycles. The second-order valence-electron chi connectivity index (χ2n) is 8.79. The fourth-order valence-corrected chi connectivity index (χ4v) is 4.56. The van der Waals surface area contributed by atoms with E-state index in [1.165, 1.54) is 5.56 Å². The van der Waals surface area contributed by atoms with E-state index in [-0.39, 0.29) is 0 Å². The maximum Gasteiger partial charge on any atom is 0.156 e. The van der Waals surface area contributed by atoms with Gasteiger partial charge >= 0.3 is 0 Å². The highest BCUT2D eigenvalue weighted by molar-refractivity contribution is 5.82. The predicted octanol–water partition coefficient (Wildman–Crippen LogP) is 4.50. The topological polar surface area (TPSA) is 79.8 Å². The molecule has 0 saturated carbocycles. The zero-order valence-corrected chi connectivity index (χ0v) is 19.4. The Morgan fingerprint density at radius 1 is 0.857 bits per heavy atom. The van der Waals surface area contributed by atoms with Crippen LogP contribution in [0.5, 0.6) is 0 Å². The van der Waals surface area contributed by atoms with Gasteiger partial charge in [0.2, 0.25) is 0 Å². The van der Waals surface area contributed by atoms with Crippen molar-refractivity contribution in [2.75, 3.05) is 26.3 Å². The highest BCUT2D eigenvalue weighted by Crippen LogP contribution is 2.29. The summed E-state index contributed by atoms with van der Waals surface area (Å²) in [6.45, 7) is 4.49. The molecule has 1 saturated heterocycles. The number of nitrogens with one attached hydrogen (secondary N) is 1. The van der Waals surface area contributed by atoms with Gasteiger partial charge < -0.3 is 9.72 Å². The lowest BCUT2D eigenvalue weighted by Crippen LogP contribution is -2.35. The molecule has 0 unspecified atom stereocenters. The number of rotatable bonds is 6. The van der Waals surface area contributed by atoms with Gasteiger partial charge in [0, 0.05) is 55.0 Å². The molecule has 0 radical (unpaired) electrons. The molecule has 6 rings (SSSR count). The number of aromatic amines is 1. The summed E-state index contributed by atoms with van der Waals surface area (Å²) in [4.78, 5) is 14.9. The minimum Gasteiger partial charge on any atom is -0.379 e. The molecule has 1 N–H and O–H groups in total. The first-order chi connectivity index (χ1) is 17.3. The lowest BCUT2D eigenvalue weighted by molar-refractivity contribution is 0.0342. The molecular formula is C28H26N6O. The van der Waals surface area contributed by atoms with Gasteiger partial charge in [-0.25, -0.2) is 4.98 Å². The van der Waals surface area contributed by atoms with Gasteiger partial charge in [0.1, 0.15) is 11.4 Å². The monoisotopic (exact) mass is 462 g/mol. The van der Waals surface area contributed by atoms with Crippen molar-refractivity contribution >= 4 is 10.9 Å². The SMILES string of the molecule is c1ccc(-c2nc(Cc3c[nH]c4cnccc34)nnc2-c2ccc(CN3CCOCC3)cc2)cc1. The maximum absolute atomic E-state index is 5.46. The normalized spacial score (nSPS) is 14.4. The summed E-state index contributed by atoms with van der Waals surface area (Å²) in [6, 6.07) is 20.8. The number of fused-ring (bicyclic) bond motifs is 1. The first-order valence-electron chi connectivity index (χ1n) is 11.9. The molecule has 0 atom stereocenters. The van der Waals surface area contributed by atoms with Crippen LogP contribution < -0.4 is 0 Å². The van der Waals surface area contributed by atoms with Crippen molar-refractivity contribution in [1.29, 1.82) is 0 Å². The summed E-state index contributed by atoms with van der Waals surface area (Å²) in [5, 5.41) is 10.3. The lowest BCUT2D eigenvalue weighted by atomic mass is 10.0. The summed E-state index contributed by atoms with van der Waals surface area (Å²) in [5.41, 5.74) is 7.09. The summed E-state index contributed by atoms with van der Waals surface area (Å²) < 4.78 is 5.46. The maximum atomic E-state index is 5.46. The molecule has 7 heteroatoms. The van der Waals surface area contributed by atoms with Crippen LogP contribution >= 0.6 is 0 Å². The van der Waals surface area contributed by atoms with Gasteiger partial charge in [0.25, 0.3) is 0 Å². The van der Waals surface area contributed by atoms with Crippen LogP contribution in [0.3, 0.4) is 0 Å². The van der Waals surface area contributed by atoms with E-state index in [1.54, 1.807) is 6.20 Å². The summed E-state index contributed by atoms with van der Waals surface area (Å²) in [5.74, 6) is 0.689. The zero-order chi connectivity index (χ0) is 23.5. The minimum atomic E-state index is 0.593. The van der Waals surface area contributed by atoms with Crippen LogP contribution in [0, 0.1) is 0 Å². The van der Waals surface area contributed by atoms with Gasteiger partial charge in [-0.3, -0.25) is 9.88 Å². The van der Waals surface area contributed by atoms with E-state index in [2.05, 4.69) is 61.5 Å². The van der Waals surface area contributed by atoms with Gasteiger partial charge in [-0.2, -0.15) is 0 Å². The Kier molecular flexibility index (Phi) is 6.00. The van der Waals surface area contributed by atoms with Crippen LogP contribution in [-0.4, -0.2) is 56.4 Å². The van der Waals surface area contributed by atoms with E-state index >= 15 is 0 Å². The van der Waals surface area contributed by atoms with Crippen molar-refractivity contribution in [1.82, 2.24) is 30.0 Å². The number of morpholine rings is 1. The highest BCUT2D eigenvalue weighted by atomic mass is 16.5. The third kappa shape index (κ3) is 4.69. The van der Waals surface area contributed by atoms with E-state index < -0.39 is 0 Å². The Hall–Kier alpha value is -3.94. The number of hydrogen-bond acceptors (Lipinski definition) is 6. The number of H-pyrrole nitrogens is 1. The Morgan fingerprint density at radius 2 is 1.66 bits per heavy atom. The van der Waals surface area contributed by atoms with E-state index in [0.717, 1.165) is 71.8 Å². The van der Waals surface area contributed by atoms with E-state index in [4.69, 9.17) is 9.72 Å². The van der Waals surface area contributed by atoms with Crippen LogP contribution in [0.4, 0.5) is 0 Å². The van der Waals surface area contributed by atoms with Crippen molar-refractivity contribution in [3.8, 4) is 22.5 Å². The van der Waals surface area contributed by atoms with Crippen molar-refractivity contribution < 1.29 is 4.74 Å². The molecule has 1 fully saturated rings. The summed E-state index contributed by atoms with van der Waals surface area (Å²) >= 11 is 0. The van der Waals surface area contributed by atoms with E-state index in [9.17, 15) is 0 Å². The predicted molar refractivity (Wildman–Crippen MR) is 136 cm³/mol. The van der Waals surface area contributed by atoms with Gasteiger partial charge in [0.15, 0.2) is 5.82 Å². The standard InChI is InChI=1S/C28H26N6O/c1-2-4-21(5-3-1)27-28(22-8-6-20(7-9-22)19-34-12-14-35-15-13-34)33-32-26(31-27)16-23-17-30-25-18-29-11-10-24(23)25/h1-11,17-18,30H,12-16,19H2. The minimum absolute atomic E-state index is 0.593. The lowest BCUT2D eigenvalue weighted by Gasteiger charge is -2.26. The van der Waals surface area contributed by atoms with Crippen molar-refractivity contribution in [2.24, 2.45) is 0 Å². The second kappa shape index (κ2) is 9.74. The molecule has 0 bridgehead atoms. The first kappa shape index (κ1) is 21.6. The molecule has 4 heterocycles. The molecule has 0 aliphatic carbocycles. The van der Waals surface area contributed by atoms with E-state index in [1.807, 2.05) is 36.7 Å². The number of aromatic nitrogens is 5. The quantitative estimate of drug-likeness (QED) is 0.400. The van der Waals surface area contributed by atoms with Crippen molar-refractivity contribution in [2.45, 2.75) is 13.0 Å². The fraction of sp³-hybridized carbons (Fsp3) is 0.214. The zero-order valence-electron chi connectivity index (χ0n) is 19.4. The molecular weight excluding hydrogens is 436 g/mol. The van der Waals surface area contributed by atoms with Crippen LogP contribution in [0.1, 0.15) is 17.0 Å². The molecule has 0 spiro atoms. The van der Waals surface area contributed by atoms with E-state index in [0.29, 0.717) is 12.2 Å². The Balaban J connectivity index is 1.32. The Bertz CT molecular complexity index is 1430.